The van der Waals surface area contributed by atoms with Gasteiger partial charge in [0.15, 0.2) is 5.96 Å². The number of hydrogen-bond acceptors (Lipinski definition) is 5. The highest BCUT2D eigenvalue weighted by Gasteiger charge is 2.12. The molecule has 5 nitrogen and oxygen atoms in total. The quantitative estimate of drug-likeness (QED) is 0.902. The van der Waals surface area contributed by atoms with Gasteiger partial charge in [-0.2, -0.15) is 0 Å². The molecule has 1 aliphatic rings. The molecule has 20 heavy (non-hydrogen) atoms. The summed E-state index contributed by atoms with van der Waals surface area (Å²) in [5, 5.41) is 4.43. The van der Waals surface area contributed by atoms with Gasteiger partial charge in [-0.3, -0.25) is 4.99 Å². The van der Waals surface area contributed by atoms with Gasteiger partial charge in [-0.15, -0.1) is 0 Å². The third-order valence-corrected chi connectivity index (χ3v) is 3.46. The second-order valence-electron chi connectivity index (χ2n) is 5.08. The van der Waals surface area contributed by atoms with Crippen molar-refractivity contribution in [1.82, 2.24) is 20.2 Å². The highest BCUT2D eigenvalue weighted by molar-refractivity contribution is 5.81. The van der Waals surface area contributed by atoms with Gasteiger partial charge in [-0.1, -0.05) is 18.2 Å². The minimum absolute atomic E-state index is 0.664. The van der Waals surface area contributed by atoms with Crippen LogP contribution in [0.4, 0.5) is 0 Å². The molecule has 2 heterocycles. The summed E-state index contributed by atoms with van der Waals surface area (Å²) in [5.74, 6) is 1.77. The lowest BCUT2D eigenvalue weighted by atomic mass is 10.2. The van der Waals surface area contributed by atoms with Crippen LogP contribution in [0.3, 0.4) is 0 Å². The van der Waals surface area contributed by atoms with Crippen molar-refractivity contribution < 1.29 is 0 Å². The van der Waals surface area contributed by atoms with Crippen molar-refractivity contribution in [3.05, 3.63) is 35.8 Å². The van der Waals surface area contributed by atoms with E-state index in [1.807, 2.05) is 32.2 Å². The molecule has 1 aromatic heterocycles. The third-order valence-electron chi connectivity index (χ3n) is 3.46. The molecule has 3 rings (SSSR count). The molecule has 5 heteroatoms. The van der Waals surface area contributed by atoms with E-state index in [1.54, 1.807) is 0 Å². The van der Waals surface area contributed by atoms with E-state index in [9.17, 15) is 0 Å². The first-order valence-electron chi connectivity index (χ1n) is 6.96. The lowest BCUT2D eigenvalue weighted by Crippen LogP contribution is -2.41. The summed E-state index contributed by atoms with van der Waals surface area (Å²) >= 11 is 0. The Bertz CT molecular complexity index is 650. The number of para-hydroxylation sites is 1. The van der Waals surface area contributed by atoms with Crippen LogP contribution in [-0.4, -0.2) is 41.0 Å². The summed E-state index contributed by atoms with van der Waals surface area (Å²) < 4.78 is 0. The molecule has 0 atom stereocenters. The minimum Gasteiger partial charge on any atom is -0.356 e. The molecule has 0 unspecified atom stereocenters. The molecule has 0 aliphatic carbocycles. The van der Waals surface area contributed by atoms with E-state index in [1.165, 1.54) is 0 Å². The fraction of sp³-hybridized carbons (Fsp3) is 0.400. The van der Waals surface area contributed by atoms with Crippen LogP contribution in [0.15, 0.2) is 29.3 Å². The van der Waals surface area contributed by atoms with Gasteiger partial charge in [-0.25, -0.2) is 9.97 Å². The highest BCUT2D eigenvalue weighted by Crippen LogP contribution is 2.15. The van der Waals surface area contributed by atoms with E-state index >= 15 is 0 Å². The summed E-state index contributed by atoms with van der Waals surface area (Å²) in [4.78, 5) is 15.8. The topological polar surface area (TPSA) is 53.4 Å². The average molecular weight is 269 g/mol. The van der Waals surface area contributed by atoms with Crippen molar-refractivity contribution in [2.24, 2.45) is 4.99 Å². The van der Waals surface area contributed by atoms with Crippen molar-refractivity contribution in [3.8, 4) is 0 Å². The van der Waals surface area contributed by atoms with E-state index in [0.29, 0.717) is 6.54 Å². The number of nitrogens with one attached hydrogen (secondary N) is 1. The zero-order valence-corrected chi connectivity index (χ0v) is 11.9. The second-order valence-corrected chi connectivity index (χ2v) is 5.08. The van der Waals surface area contributed by atoms with Crippen LogP contribution < -0.4 is 5.32 Å². The Morgan fingerprint density at radius 1 is 1.25 bits per heavy atom. The van der Waals surface area contributed by atoms with Gasteiger partial charge in [0, 0.05) is 31.2 Å². The number of guanidine groups is 1. The predicted octanol–water partition coefficient (Wildman–Crippen LogP) is 1.72. The molecular formula is C15H19N5. The van der Waals surface area contributed by atoms with E-state index in [4.69, 9.17) is 0 Å². The maximum atomic E-state index is 4.64. The first-order valence-corrected chi connectivity index (χ1v) is 6.96. The molecule has 2 aromatic rings. The van der Waals surface area contributed by atoms with Crippen LogP contribution in [0.2, 0.25) is 0 Å². The zero-order chi connectivity index (χ0) is 13.9. The maximum Gasteiger partial charge on any atom is 0.194 e. The van der Waals surface area contributed by atoms with Gasteiger partial charge in [0.2, 0.25) is 0 Å². The highest BCUT2D eigenvalue weighted by atomic mass is 15.3. The molecule has 0 saturated carbocycles. The lowest BCUT2D eigenvalue weighted by Gasteiger charge is -2.24. The smallest absolute Gasteiger partial charge is 0.194 e. The van der Waals surface area contributed by atoms with Crippen LogP contribution in [0.25, 0.3) is 10.9 Å². The Kier molecular flexibility index (Phi) is 3.50. The normalized spacial score (nSPS) is 14.8. The molecule has 0 saturated heterocycles. The van der Waals surface area contributed by atoms with Gasteiger partial charge in [-0.05, 0) is 19.4 Å². The van der Waals surface area contributed by atoms with Crippen molar-refractivity contribution in [1.29, 1.82) is 0 Å². The SMILES string of the molecule is Cc1nc(CN(C)C2=NCCCN2)nc2ccccc12. The number of hydrogen-bond donors (Lipinski definition) is 1. The Hall–Kier alpha value is -2.17. The van der Waals surface area contributed by atoms with Gasteiger partial charge >= 0.3 is 0 Å². The Labute approximate surface area is 118 Å². The predicted molar refractivity (Wildman–Crippen MR) is 80.7 cm³/mol. The molecule has 104 valence electrons. The standard InChI is InChI=1S/C15H19N5/c1-11-12-6-3-4-7-13(12)19-14(18-11)10-20(2)15-16-8-5-9-17-15/h3-4,6-7H,5,8-10H2,1-2H3,(H,16,17). The molecule has 0 spiro atoms. The minimum atomic E-state index is 0.664. The Morgan fingerprint density at radius 3 is 2.90 bits per heavy atom. The number of rotatable bonds is 2. The zero-order valence-electron chi connectivity index (χ0n) is 11.9. The fourth-order valence-corrected chi connectivity index (χ4v) is 2.43. The Morgan fingerprint density at radius 2 is 2.10 bits per heavy atom. The molecule has 1 aliphatic heterocycles. The summed E-state index contributed by atoms with van der Waals surface area (Å²) in [6, 6.07) is 8.12. The van der Waals surface area contributed by atoms with Crippen molar-refractivity contribution in [2.75, 3.05) is 20.1 Å². The van der Waals surface area contributed by atoms with Gasteiger partial charge in [0.05, 0.1) is 12.1 Å². The average Bonchev–Trinajstić information content (AvgIpc) is 2.48. The maximum absolute atomic E-state index is 4.64. The number of fused-ring (bicyclic) bond motifs is 1. The summed E-state index contributed by atoms with van der Waals surface area (Å²) in [6.45, 7) is 4.58. The monoisotopic (exact) mass is 269 g/mol. The summed E-state index contributed by atoms with van der Waals surface area (Å²) in [7, 11) is 2.02. The van der Waals surface area contributed by atoms with Crippen molar-refractivity contribution in [3.63, 3.8) is 0 Å². The van der Waals surface area contributed by atoms with Crippen LogP contribution >= 0.6 is 0 Å². The number of benzene rings is 1. The first kappa shape index (κ1) is 12.8. The Balaban J connectivity index is 1.85. The number of aromatic nitrogens is 2. The van der Waals surface area contributed by atoms with Crippen molar-refractivity contribution >= 4 is 16.9 Å². The van der Waals surface area contributed by atoms with E-state index < -0.39 is 0 Å². The van der Waals surface area contributed by atoms with Gasteiger partial charge in [0.1, 0.15) is 5.82 Å². The number of nitrogens with zero attached hydrogens (tertiary/aromatic N) is 4. The molecule has 0 amide bonds. The van der Waals surface area contributed by atoms with Crippen LogP contribution in [-0.2, 0) is 6.54 Å². The van der Waals surface area contributed by atoms with E-state index in [-0.39, 0.29) is 0 Å². The molecule has 0 radical (unpaired) electrons. The van der Waals surface area contributed by atoms with E-state index in [0.717, 1.165) is 47.9 Å². The molecule has 0 fully saturated rings. The number of aryl methyl sites for hydroxylation is 1. The van der Waals surface area contributed by atoms with Gasteiger partial charge < -0.3 is 10.2 Å². The lowest BCUT2D eigenvalue weighted by molar-refractivity contribution is 0.452. The second kappa shape index (κ2) is 5.45. The van der Waals surface area contributed by atoms with Crippen LogP contribution in [0.1, 0.15) is 17.9 Å². The molecule has 1 N–H and O–H groups in total. The third kappa shape index (κ3) is 2.57. The fourth-order valence-electron chi connectivity index (χ4n) is 2.43. The van der Waals surface area contributed by atoms with E-state index in [2.05, 4.69) is 31.2 Å². The van der Waals surface area contributed by atoms with Gasteiger partial charge in [0.25, 0.3) is 0 Å². The molecule has 1 aromatic carbocycles. The van der Waals surface area contributed by atoms with Crippen molar-refractivity contribution in [2.45, 2.75) is 19.9 Å². The number of aliphatic imine (C=N–C) groups is 1. The largest absolute Gasteiger partial charge is 0.356 e. The molecule has 0 bridgehead atoms. The summed E-state index contributed by atoms with van der Waals surface area (Å²) in [6.07, 6.45) is 1.10. The van der Waals surface area contributed by atoms with Crippen LogP contribution in [0, 0.1) is 6.92 Å². The van der Waals surface area contributed by atoms with Crippen LogP contribution in [0.5, 0.6) is 0 Å². The molecular weight excluding hydrogens is 250 g/mol. The summed E-state index contributed by atoms with van der Waals surface area (Å²) in [5.41, 5.74) is 2.03. The first-order chi connectivity index (χ1) is 9.74.